The lowest BCUT2D eigenvalue weighted by atomic mass is 10.1. The average molecular weight is 441 g/mol. The number of hydrogen-bond donors (Lipinski definition) is 1. The number of fused-ring (bicyclic) bond motifs is 1. The number of rotatable bonds is 11. The van der Waals surface area contributed by atoms with Gasteiger partial charge in [-0.3, -0.25) is 9.59 Å². The molecule has 0 aliphatic rings. The van der Waals surface area contributed by atoms with Gasteiger partial charge in [-0.15, -0.1) is 11.8 Å². The Bertz CT molecular complexity index is 1050. The number of primary amides is 1. The van der Waals surface area contributed by atoms with E-state index in [-0.39, 0.29) is 18.3 Å². The van der Waals surface area contributed by atoms with Crippen LogP contribution in [0, 0.1) is 0 Å². The van der Waals surface area contributed by atoms with Gasteiger partial charge in [-0.05, 0) is 43.4 Å². The second kappa shape index (κ2) is 10.9. The van der Waals surface area contributed by atoms with Gasteiger partial charge in [0.25, 0.3) is 0 Å². The zero-order valence-electron chi connectivity index (χ0n) is 17.9. The Morgan fingerprint density at radius 1 is 1.13 bits per heavy atom. The summed E-state index contributed by atoms with van der Waals surface area (Å²) in [6.07, 6.45) is 3.08. The third-order valence-electron chi connectivity index (χ3n) is 4.91. The lowest BCUT2D eigenvalue weighted by Gasteiger charge is -2.10. The average Bonchev–Trinajstić information content (AvgIpc) is 3.03. The van der Waals surface area contributed by atoms with Crippen LogP contribution in [0.25, 0.3) is 10.9 Å². The lowest BCUT2D eigenvalue weighted by Crippen LogP contribution is -2.14. The standard InChI is InChI=1S/C24H28N2O4S/c1-3-29-23(28)10-7-13-30-18-11-12-21-19(14-18)20(15-22(25)27)24(31-2)26(21)16-17-8-5-4-6-9-17/h4-6,8-9,11-12,14H,3,7,10,13,15-16H2,1-2H3,(H2,25,27). The number of nitrogens with zero attached hydrogens (tertiary/aromatic N) is 1. The fraction of sp³-hybridized carbons (Fsp3) is 0.333. The second-order valence-corrected chi connectivity index (χ2v) is 7.93. The van der Waals surface area contributed by atoms with Crippen LogP contribution in [0.1, 0.15) is 30.9 Å². The first-order valence-electron chi connectivity index (χ1n) is 10.3. The molecule has 31 heavy (non-hydrogen) atoms. The second-order valence-electron chi connectivity index (χ2n) is 7.14. The van der Waals surface area contributed by atoms with Gasteiger partial charge in [0.15, 0.2) is 0 Å². The van der Waals surface area contributed by atoms with Crippen molar-refractivity contribution in [2.24, 2.45) is 5.73 Å². The predicted molar refractivity (Wildman–Crippen MR) is 124 cm³/mol. The topological polar surface area (TPSA) is 83.6 Å². The Hall–Kier alpha value is -2.93. The molecule has 1 aromatic heterocycles. The molecular formula is C24H28N2O4S. The van der Waals surface area contributed by atoms with Crippen molar-refractivity contribution in [3.63, 3.8) is 0 Å². The molecule has 0 spiro atoms. The molecule has 0 fully saturated rings. The minimum absolute atomic E-state index is 0.167. The summed E-state index contributed by atoms with van der Waals surface area (Å²) in [4.78, 5) is 23.3. The number of carbonyl (C=O) groups excluding carboxylic acids is 2. The SMILES string of the molecule is CCOC(=O)CCCOc1ccc2c(c1)c(CC(N)=O)c(SC)n2Cc1ccccc1. The quantitative estimate of drug-likeness (QED) is 0.275. The molecule has 0 aliphatic carbocycles. The zero-order chi connectivity index (χ0) is 22.2. The maximum absolute atomic E-state index is 11.8. The highest BCUT2D eigenvalue weighted by Crippen LogP contribution is 2.35. The number of ether oxygens (including phenoxy) is 2. The molecule has 0 saturated carbocycles. The fourth-order valence-electron chi connectivity index (χ4n) is 3.61. The monoisotopic (exact) mass is 440 g/mol. The van der Waals surface area contributed by atoms with E-state index >= 15 is 0 Å². The summed E-state index contributed by atoms with van der Waals surface area (Å²) < 4.78 is 13.0. The summed E-state index contributed by atoms with van der Waals surface area (Å²) in [5.74, 6) is 0.120. The van der Waals surface area contributed by atoms with Gasteiger partial charge >= 0.3 is 5.97 Å². The summed E-state index contributed by atoms with van der Waals surface area (Å²) in [7, 11) is 0. The van der Waals surface area contributed by atoms with Gasteiger partial charge in [-0.25, -0.2) is 0 Å². The Kier molecular flexibility index (Phi) is 8.00. The largest absolute Gasteiger partial charge is 0.494 e. The molecule has 0 bridgehead atoms. The van der Waals surface area contributed by atoms with Gasteiger partial charge in [0.1, 0.15) is 5.75 Å². The van der Waals surface area contributed by atoms with Gasteiger partial charge in [0.05, 0.1) is 24.7 Å². The number of amides is 1. The molecule has 2 N–H and O–H groups in total. The summed E-state index contributed by atoms with van der Waals surface area (Å²) in [6, 6.07) is 16.1. The van der Waals surface area contributed by atoms with Crippen LogP contribution in [0.2, 0.25) is 0 Å². The van der Waals surface area contributed by atoms with Crippen molar-refractivity contribution in [1.82, 2.24) is 4.57 Å². The molecule has 1 heterocycles. The van der Waals surface area contributed by atoms with Crippen molar-refractivity contribution in [2.45, 2.75) is 37.8 Å². The first kappa shape index (κ1) is 22.7. The maximum Gasteiger partial charge on any atom is 0.305 e. The van der Waals surface area contributed by atoms with Crippen LogP contribution < -0.4 is 10.5 Å². The number of carbonyl (C=O) groups is 2. The molecule has 0 saturated heterocycles. The summed E-state index contributed by atoms with van der Waals surface area (Å²) in [6.45, 7) is 3.29. The molecule has 6 nitrogen and oxygen atoms in total. The Labute approximate surface area is 186 Å². The smallest absolute Gasteiger partial charge is 0.305 e. The molecule has 3 aromatic rings. The van der Waals surface area contributed by atoms with Crippen LogP contribution in [0.4, 0.5) is 0 Å². The Morgan fingerprint density at radius 3 is 2.58 bits per heavy atom. The molecule has 0 unspecified atom stereocenters. The van der Waals surface area contributed by atoms with Crippen LogP contribution in [-0.2, 0) is 27.3 Å². The highest BCUT2D eigenvalue weighted by atomic mass is 32.2. The highest BCUT2D eigenvalue weighted by molar-refractivity contribution is 7.98. The van der Waals surface area contributed by atoms with Crippen molar-refractivity contribution >= 4 is 34.5 Å². The summed E-state index contributed by atoms with van der Waals surface area (Å²) >= 11 is 1.61. The summed E-state index contributed by atoms with van der Waals surface area (Å²) in [5, 5.41) is 1.99. The van der Waals surface area contributed by atoms with E-state index in [0.29, 0.717) is 38.3 Å². The molecule has 0 atom stereocenters. The Balaban J connectivity index is 1.88. The molecule has 164 valence electrons. The number of hydrogen-bond acceptors (Lipinski definition) is 5. The molecule has 7 heteroatoms. The van der Waals surface area contributed by atoms with E-state index in [2.05, 4.69) is 16.7 Å². The lowest BCUT2D eigenvalue weighted by molar-refractivity contribution is -0.143. The van der Waals surface area contributed by atoms with Crippen LogP contribution in [0.15, 0.2) is 53.6 Å². The number of aromatic nitrogens is 1. The van der Waals surface area contributed by atoms with Gasteiger partial charge in [0.2, 0.25) is 5.91 Å². The highest BCUT2D eigenvalue weighted by Gasteiger charge is 2.19. The number of benzene rings is 2. The predicted octanol–water partition coefficient (Wildman–Crippen LogP) is 4.16. The third-order valence-corrected chi connectivity index (χ3v) is 5.77. The van der Waals surface area contributed by atoms with E-state index in [1.54, 1.807) is 18.7 Å². The molecule has 2 aromatic carbocycles. The van der Waals surface area contributed by atoms with Gasteiger partial charge in [0, 0.05) is 29.4 Å². The molecule has 1 amide bonds. The van der Waals surface area contributed by atoms with E-state index in [1.807, 2.05) is 42.7 Å². The van der Waals surface area contributed by atoms with Crippen molar-refractivity contribution in [3.05, 3.63) is 59.7 Å². The molecule has 0 aliphatic heterocycles. The molecule has 0 radical (unpaired) electrons. The Morgan fingerprint density at radius 2 is 1.90 bits per heavy atom. The van der Waals surface area contributed by atoms with E-state index in [4.69, 9.17) is 15.2 Å². The molecule has 3 rings (SSSR count). The summed E-state index contributed by atoms with van der Waals surface area (Å²) in [5.41, 5.74) is 8.69. The maximum atomic E-state index is 11.8. The fourth-order valence-corrected chi connectivity index (χ4v) is 4.42. The van der Waals surface area contributed by atoms with Crippen LogP contribution >= 0.6 is 11.8 Å². The minimum Gasteiger partial charge on any atom is -0.494 e. The first-order valence-corrected chi connectivity index (χ1v) is 11.6. The van der Waals surface area contributed by atoms with Gasteiger partial charge in [-0.1, -0.05) is 30.3 Å². The number of nitrogens with two attached hydrogens (primary N) is 1. The van der Waals surface area contributed by atoms with Crippen molar-refractivity contribution in [2.75, 3.05) is 19.5 Å². The normalized spacial score (nSPS) is 10.9. The van der Waals surface area contributed by atoms with Crippen LogP contribution in [0.5, 0.6) is 5.75 Å². The zero-order valence-corrected chi connectivity index (χ0v) is 18.7. The third kappa shape index (κ3) is 5.82. The van der Waals surface area contributed by atoms with Crippen molar-refractivity contribution < 1.29 is 19.1 Å². The van der Waals surface area contributed by atoms with E-state index < -0.39 is 0 Å². The van der Waals surface area contributed by atoms with E-state index in [0.717, 1.165) is 21.5 Å². The first-order chi connectivity index (χ1) is 15.0. The number of esters is 1. The van der Waals surface area contributed by atoms with Gasteiger partial charge < -0.3 is 19.8 Å². The van der Waals surface area contributed by atoms with Gasteiger partial charge in [-0.2, -0.15) is 0 Å². The van der Waals surface area contributed by atoms with Crippen molar-refractivity contribution in [3.8, 4) is 5.75 Å². The van der Waals surface area contributed by atoms with Crippen LogP contribution in [-0.4, -0.2) is 35.9 Å². The van der Waals surface area contributed by atoms with E-state index in [9.17, 15) is 9.59 Å². The van der Waals surface area contributed by atoms with Crippen LogP contribution in [0.3, 0.4) is 0 Å². The number of thioether (sulfide) groups is 1. The molecular weight excluding hydrogens is 412 g/mol. The van der Waals surface area contributed by atoms with Crippen molar-refractivity contribution in [1.29, 1.82) is 0 Å². The minimum atomic E-state index is -0.366. The van der Waals surface area contributed by atoms with E-state index in [1.165, 1.54) is 5.56 Å².